The number of nitrogens with zero attached hydrogens (tertiary/aromatic N) is 4. The van der Waals surface area contributed by atoms with Gasteiger partial charge >= 0.3 is 0 Å². The highest BCUT2D eigenvalue weighted by molar-refractivity contribution is 5.98. The highest BCUT2D eigenvalue weighted by Gasteiger charge is 2.24. The molecule has 0 unspecified atom stereocenters. The van der Waals surface area contributed by atoms with E-state index in [4.69, 9.17) is 11.5 Å². The van der Waals surface area contributed by atoms with Crippen LogP contribution in [0.5, 0.6) is 0 Å². The molecule has 1 fully saturated rings. The second-order valence-electron chi connectivity index (χ2n) is 7.32. The molecule has 0 aromatic carbocycles. The van der Waals surface area contributed by atoms with Gasteiger partial charge in [-0.1, -0.05) is 12.8 Å². The van der Waals surface area contributed by atoms with Crippen LogP contribution in [0.25, 0.3) is 5.69 Å². The molecular weight excluding hydrogens is 405 g/mol. The normalized spacial score (nSPS) is 18.5. The van der Waals surface area contributed by atoms with Gasteiger partial charge in [-0.05, 0) is 25.0 Å². The van der Waals surface area contributed by atoms with Gasteiger partial charge in [0.25, 0.3) is 11.5 Å². The van der Waals surface area contributed by atoms with E-state index >= 15 is 0 Å². The zero-order chi connectivity index (χ0) is 22.0. The summed E-state index contributed by atoms with van der Waals surface area (Å²) in [4.78, 5) is 31.9. The minimum Gasteiger partial charge on any atom is -0.365 e. The van der Waals surface area contributed by atoms with E-state index in [0.29, 0.717) is 5.69 Å². The van der Waals surface area contributed by atoms with Gasteiger partial charge in [0, 0.05) is 18.3 Å². The predicted octanol–water partition coefficient (Wildman–Crippen LogP) is 1.01. The molecule has 0 radical (unpaired) electrons. The zero-order valence-electron chi connectivity index (χ0n) is 16.5. The fraction of sp³-hybridized carbons (Fsp3) is 0.316. The summed E-state index contributed by atoms with van der Waals surface area (Å²) in [6.45, 7) is 0. The van der Waals surface area contributed by atoms with E-state index in [1.807, 2.05) is 0 Å². The van der Waals surface area contributed by atoms with E-state index in [1.165, 1.54) is 24.7 Å². The fourth-order valence-corrected chi connectivity index (χ4v) is 3.56. The van der Waals surface area contributed by atoms with E-state index in [1.54, 1.807) is 0 Å². The van der Waals surface area contributed by atoms with Gasteiger partial charge in [0.05, 0.1) is 23.6 Å². The number of anilines is 3. The Bertz CT molecular complexity index is 1150. The largest absolute Gasteiger partial charge is 0.365 e. The summed E-state index contributed by atoms with van der Waals surface area (Å²) >= 11 is 0. The Morgan fingerprint density at radius 2 is 1.94 bits per heavy atom. The Kier molecular flexibility index (Phi) is 5.62. The standard InChI is InChI=1S/C19H22FN9O2/c20-12-8-11(16(22)30)17(28-18(12)27-14-4-2-1-3-13(14)21)26-10-7-15(19(31)23-9-10)29-24-5-6-25-29/h5-9,13-14H,1-4,21H2,(H2,22,30)(H,23,31)(H2,26,27,28)/t13-,14+/m0/s1. The molecule has 3 aromatic heterocycles. The van der Waals surface area contributed by atoms with Gasteiger partial charge < -0.3 is 27.1 Å². The predicted molar refractivity (Wildman–Crippen MR) is 112 cm³/mol. The zero-order valence-corrected chi connectivity index (χ0v) is 16.5. The summed E-state index contributed by atoms with van der Waals surface area (Å²) in [6.07, 6.45) is 7.89. The van der Waals surface area contributed by atoms with Crippen molar-refractivity contribution in [1.29, 1.82) is 0 Å². The van der Waals surface area contributed by atoms with Crippen molar-refractivity contribution in [2.45, 2.75) is 37.8 Å². The van der Waals surface area contributed by atoms with Crippen molar-refractivity contribution < 1.29 is 9.18 Å². The highest BCUT2D eigenvalue weighted by atomic mass is 19.1. The topological polar surface area (TPSA) is 170 Å². The third kappa shape index (κ3) is 4.38. The van der Waals surface area contributed by atoms with Gasteiger partial charge in [-0.3, -0.25) is 9.59 Å². The summed E-state index contributed by atoms with van der Waals surface area (Å²) < 4.78 is 14.6. The number of aromatic nitrogens is 5. The van der Waals surface area contributed by atoms with Crippen molar-refractivity contribution in [1.82, 2.24) is 25.0 Å². The van der Waals surface area contributed by atoms with Crippen LogP contribution in [0.2, 0.25) is 0 Å². The summed E-state index contributed by atoms with van der Waals surface area (Å²) in [6, 6.07) is 2.24. The minimum absolute atomic E-state index is 0.0340. The molecule has 162 valence electrons. The lowest BCUT2D eigenvalue weighted by atomic mass is 9.91. The molecule has 3 aromatic rings. The van der Waals surface area contributed by atoms with E-state index in [0.717, 1.165) is 36.5 Å². The number of carbonyl (C=O) groups excluding carboxylic acids is 1. The van der Waals surface area contributed by atoms with Gasteiger partial charge in [0.1, 0.15) is 5.82 Å². The molecule has 2 atom stereocenters. The number of nitrogens with one attached hydrogen (secondary N) is 3. The number of aromatic amines is 1. The number of hydrogen-bond acceptors (Lipinski definition) is 8. The molecule has 1 aliphatic carbocycles. The maximum atomic E-state index is 14.6. The maximum absolute atomic E-state index is 14.6. The average Bonchev–Trinajstić information content (AvgIpc) is 3.27. The SMILES string of the molecule is NC(=O)c1cc(F)c(N[C@@H]2CCCC[C@@H]2N)nc1Nc1c[nH]c(=O)c(-n2nccn2)c1. The number of amides is 1. The van der Waals surface area contributed by atoms with Crippen LogP contribution in [0.15, 0.2) is 35.5 Å². The third-order valence-electron chi connectivity index (χ3n) is 5.16. The lowest BCUT2D eigenvalue weighted by Crippen LogP contribution is -2.43. The first-order valence-corrected chi connectivity index (χ1v) is 9.81. The Morgan fingerprint density at radius 3 is 2.65 bits per heavy atom. The van der Waals surface area contributed by atoms with Crippen molar-refractivity contribution in [2.24, 2.45) is 11.5 Å². The minimum atomic E-state index is -0.854. The summed E-state index contributed by atoms with van der Waals surface area (Å²) in [7, 11) is 0. The Morgan fingerprint density at radius 1 is 1.19 bits per heavy atom. The van der Waals surface area contributed by atoms with E-state index in [2.05, 4.69) is 30.8 Å². The number of hydrogen-bond donors (Lipinski definition) is 5. The van der Waals surface area contributed by atoms with Crippen molar-refractivity contribution in [3.05, 3.63) is 52.5 Å². The van der Waals surface area contributed by atoms with Crippen LogP contribution in [0.3, 0.4) is 0 Å². The maximum Gasteiger partial charge on any atom is 0.275 e. The summed E-state index contributed by atoms with van der Waals surface area (Å²) in [5.74, 6) is -1.56. The first-order chi connectivity index (χ1) is 14.9. The number of pyridine rings is 2. The van der Waals surface area contributed by atoms with Gasteiger partial charge in [-0.2, -0.15) is 10.2 Å². The Balaban J connectivity index is 1.68. The third-order valence-corrected chi connectivity index (χ3v) is 5.16. The van der Waals surface area contributed by atoms with Crippen LogP contribution in [0, 0.1) is 5.82 Å². The lowest BCUT2D eigenvalue weighted by Gasteiger charge is -2.30. The molecule has 0 bridgehead atoms. The Labute approximate surface area is 176 Å². The van der Waals surface area contributed by atoms with Crippen LogP contribution in [-0.4, -0.2) is 43.0 Å². The quantitative estimate of drug-likeness (QED) is 0.388. The molecule has 1 aliphatic rings. The molecule has 12 heteroatoms. The Hall–Kier alpha value is -3.80. The van der Waals surface area contributed by atoms with Gasteiger partial charge in [-0.15, -0.1) is 4.80 Å². The molecule has 11 nitrogen and oxygen atoms in total. The lowest BCUT2D eigenvalue weighted by molar-refractivity contribution is 0.100. The molecule has 3 heterocycles. The summed E-state index contributed by atoms with van der Waals surface area (Å²) in [5, 5.41) is 13.8. The second-order valence-corrected chi connectivity index (χ2v) is 7.32. The molecular formula is C19H22FN9O2. The smallest absolute Gasteiger partial charge is 0.275 e. The van der Waals surface area contributed by atoms with Crippen molar-refractivity contribution >= 4 is 23.2 Å². The van der Waals surface area contributed by atoms with Gasteiger partial charge in [0.15, 0.2) is 17.3 Å². The first kappa shape index (κ1) is 20.5. The van der Waals surface area contributed by atoms with E-state index in [-0.39, 0.29) is 35.0 Å². The number of halogens is 1. The fourth-order valence-electron chi connectivity index (χ4n) is 3.56. The van der Waals surface area contributed by atoms with Gasteiger partial charge in [-0.25, -0.2) is 9.37 Å². The highest BCUT2D eigenvalue weighted by Crippen LogP contribution is 2.26. The van der Waals surface area contributed by atoms with Crippen molar-refractivity contribution in [3.8, 4) is 5.69 Å². The number of rotatable bonds is 6. The molecule has 0 aliphatic heterocycles. The molecule has 31 heavy (non-hydrogen) atoms. The monoisotopic (exact) mass is 427 g/mol. The average molecular weight is 427 g/mol. The number of primary amides is 1. The van der Waals surface area contributed by atoms with Crippen molar-refractivity contribution in [2.75, 3.05) is 10.6 Å². The number of nitrogens with two attached hydrogens (primary N) is 2. The van der Waals surface area contributed by atoms with E-state index < -0.39 is 17.3 Å². The molecule has 1 amide bonds. The van der Waals surface area contributed by atoms with E-state index in [9.17, 15) is 14.0 Å². The molecule has 0 spiro atoms. The van der Waals surface area contributed by atoms with Crippen LogP contribution in [0.4, 0.5) is 21.7 Å². The number of H-pyrrole nitrogens is 1. The van der Waals surface area contributed by atoms with Crippen LogP contribution >= 0.6 is 0 Å². The van der Waals surface area contributed by atoms with Crippen LogP contribution < -0.4 is 27.7 Å². The first-order valence-electron chi connectivity index (χ1n) is 9.81. The van der Waals surface area contributed by atoms with Crippen LogP contribution in [0.1, 0.15) is 36.0 Å². The van der Waals surface area contributed by atoms with Crippen LogP contribution in [-0.2, 0) is 0 Å². The second kappa shape index (κ2) is 8.52. The van der Waals surface area contributed by atoms with Crippen molar-refractivity contribution in [3.63, 3.8) is 0 Å². The molecule has 1 saturated carbocycles. The van der Waals surface area contributed by atoms with Gasteiger partial charge in [0.2, 0.25) is 0 Å². The number of carbonyl (C=O) groups is 1. The molecule has 0 saturated heterocycles. The summed E-state index contributed by atoms with van der Waals surface area (Å²) in [5.41, 5.74) is 11.5. The molecule has 4 rings (SSSR count). The molecule has 7 N–H and O–H groups in total.